The summed E-state index contributed by atoms with van der Waals surface area (Å²) >= 11 is 0. The van der Waals surface area contributed by atoms with E-state index in [1.54, 1.807) is 0 Å². The lowest BCUT2D eigenvalue weighted by Gasteiger charge is -2.20. The molecule has 1 saturated heterocycles. The van der Waals surface area contributed by atoms with Crippen LogP contribution >= 0.6 is 25.4 Å². The zero-order chi connectivity index (χ0) is 16.9. The third-order valence-electron chi connectivity index (χ3n) is 2.52. The molecule has 0 spiro atoms. The van der Waals surface area contributed by atoms with Crippen molar-refractivity contribution >= 4 is 25.4 Å². The van der Waals surface area contributed by atoms with Gasteiger partial charge in [-0.15, -0.1) is 0 Å². The molecule has 1 atom stereocenters. The van der Waals surface area contributed by atoms with Gasteiger partial charge in [-0.05, 0) is 25.0 Å². The summed E-state index contributed by atoms with van der Waals surface area (Å²) in [6, 6.07) is 9.58. The molecule has 0 aromatic heterocycles. The number of para-hydroxylation sites is 1. The fourth-order valence-electron chi connectivity index (χ4n) is 1.43. The first-order valence-corrected chi connectivity index (χ1v) is 11.0. The van der Waals surface area contributed by atoms with Crippen molar-refractivity contribution < 1.29 is 32.8 Å². The average molecular weight is 384 g/mol. The van der Waals surface area contributed by atoms with Crippen molar-refractivity contribution in [2.24, 2.45) is 0 Å². The van der Waals surface area contributed by atoms with Crippen LogP contribution in [0, 0.1) is 0 Å². The Morgan fingerprint density at radius 2 is 1.74 bits per heavy atom. The second-order valence-corrected chi connectivity index (χ2v) is 8.21. The largest absolute Gasteiger partial charge is 0.427 e. The first kappa shape index (κ1) is 21.1. The average Bonchev–Trinajstić information content (AvgIpc) is 2.57. The van der Waals surface area contributed by atoms with E-state index in [1.807, 2.05) is 30.3 Å². The van der Waals surface area contributed by atoms with Crippen molar-refractivity contribution in [2.45, 2.75) is 12.8 Å². The molecule has 1 aromatic rings. The van der Waals surface area contributed by atoms with Crippen LogP contribution in [0.25, 0.3) is 0 Å². The van der Waals surface area contributed by atoms with E-state index >= 15 is 0 Å². The molecule has 1 fully saturated rings. The van der Waals surface area contributed by atoms with Crippen molar-refractivity contribution in [3.63, 3.8) is 0 Å². The third kappa shape index (κ3) is 11.3. The highest BCUT2D eigenvalue weighted by atomic mass is 31.2. The second-order valence-electron chi connectivity index (χ2n) is 4.36. The first-order chi connectivity index (χ1) is 11.1. The van der Waals surface area contributed by atoms with Gasteiger partial charge in [-0.25, -0.2) is 0 Å². The highest BCUT2D eigenvalue weighted by Crippen LogP contribution is 2.42. The summed E-state index contributed by atoms with van der Waals surface area (Å²) in [5, 5.41) is 0. The van der Waals surface area contributed by atoms with Crippen LogP contribution in [0.4, 0.5) is 0 Å². The van der Waals surface area contributed by atoms with Gasteiger partial charge in [0.15, 0.2) is 16.8 Å². The minimum absolute atomic E-state index is 0.359. The van der Waals surface area contributed by atoms with Crippen LogP contribution < -0.4 is 4.52 Å². The minimum Gasteiger partial charge on any atom is -0.427 e. The Morgan fingerprint density at radius 1 is 1.09 bits per heavy atom. The Balaban J connectivity index is 0.000000241. The SMILES string of the molecule is COP(O)CCCP(O)O.c1ccc(OP2OCCCO2)cc1. The van der Waals surface area contributed by atoms with Crippen molar-refractivity contribution in [1.82, 2.24) is 0 Å². The molecule has 2 rings (SSSR count). The molecule has 3 N–H and O–H groups in total. The maximum absolute atomic E-state index is 8.86. The highest BCUT2D eigenvalue weighted by molar-refractivity contribution is 7.46. The van der Waals surface area contributed by atoms with Gasteiger partial charge in [-0.2, -0.15) is 0 Å². The van der Waals surface area contributed by atoms with E-state index in [1.165, 1.54) is 7.11 Å². The maximum Gasteiger partial charge on any atom is 0.397 e. The second kappa shape index (κ2) is 13.4. The van der Waals surface area contributed by atoms with Crippen LogP contribution in [0.1, 0.15) is 12.8 Å². The van der Waals surface area contributed by atoms with Gasteiger partial charge < -0.3 is 32.8 Å². The first-order valence-electron chi connectivity index (χ1n) is 7.06. The highest BCUT2D eigenvalue weighted by Gasteiger charge is 2.18. The standard InChI is InChI=1S/C9H11O3P.C4H12O4P2/c1-2-5-9(6-3-1)12-13-10-7-4-8-11-13;1-8-10(7)4-2-3-9(5)6/h1-3,5-6H,4,7-8H2;5-7H,2-4H2,1H3. The molecule has 10 heteroatoms. The molecule has 0 saturated carbocycles. The van der Waals surface area contributed by atoms with Crippen molar-refractivity contribution in [2.75, 3.05) is 32.6 Å². The summed E-state index contributed by atoms with van der Waals surface area (Å²) in [6.07, 6.45) is 2.44. The van der Waals surface area contributed by atoms with Gasteiger partial charge in [0.25, 0.3) is 0 Å². The molecule has 1 aliphatic rings. The number of hydrogen-bond acceptors (Lipinski definition) is 7. The Kier molecular flexibility index (Phi) is 12.3. The normalized spacial score (nSPS) is 16.6. The molecule has 0 amide bonds. The van der Waals surface area contributed by atoms with Crippen molar-refractivity contribution in [1.29, 1.82) is 0 Å². The topological polar surface area (TPSA) is 97.6 Å². The van der Waals surface area contributed by atoms with Crippen molar-refractivity contribution in [3.8, 4) is 5.75 Å². The molecule has 23 heavy (non-hydrogen) atoms. The van der Waals surface area contributed by atoms with E-state index in [0.717, 1.165) is 25.4 Å². The quantitative estimate of drug-likeness (QED) is 0.620. The Hall–Kier alpha value is 0.0700. The Bertz CT molecular complexity index is 390. The minimum atomic E-state index is -1.79. The smallest absolute Gasteiger partial charge is 0.397 e. The molecular weight excluding hydrogens is 361 g/mol. The summed E-state index contributed by atoms with van der Waals surface area (Å²) in [5.41, 5.74) is 0. The van der Waals surface area contributed by atoms with Gasteiger partial charge in [-0.1, -0.05) is 18.2 Å². The predicted molar refractivity (Wildman–Crippen MR) is 92.4 cm³/mol. The van der Waals surface area contributed by atoms with Crippen LogP contribution in [0.2, 0.25) is 0 Å². The van der Waals surface area contributed by atoms with Gasteiger partial charge in [0.1, 0.15) is 5.75 Å². The lowest BCUT2D eigenvalue weighted by Crippen LogP contribution is -2.07. The zero-order valence-corrected chi connectivity index (χ0v) is 15.6. The van der Waals surface area contributed by atoms with Gasteiger partial charge in [0, 0.05) is 19.4 Å². The van der Waals surface area contributed by atoms with E-state index in [2.05, 4.69) is 4.52 Å². The summed E-state index contributed by atoms with van der Waals surface area (Å²) in [7, 11) is -2.82. The van der Waals surface area contributed by atoms with E-state index in [9.17, 15) is 0 Å². The maximum atomic E-state index is 8.86. The molecule has 1 aromatic carbocycles. The Labute approximate surface area is 140 Å². The van der Waals surface area contributed by atoms with Crippen LogP contribution in [0.3, 0.4) is 0 Å². The van der Waals surface area contributed by atoms with E-state index < -0.39 is 25.4 Å². The van der Waals surface area contributed by atoms with Gasteiger partial charge in [0.05, 0.1) is 13.2 Å². The molecule has 0 radical (unpaired) electrons. The summed E-state index contributed by atoms with van der Waals surface area (Å²) in [6.45, 7) is 1.47. The van der Waals surface area contributed by atoms with Crippen LogP contribution in [0.15, 0.2) is 30.3 Å². The summed E-state index contributed by atoms with van der Waals surface area (Å²) in [4.78, 5) is 25.7. The molecular formula is C13H23O7P3. The monoisotopic (exact) mass is 384 g/mol. The lowest BCUT2D eigenvalue weighted by molar-refractivity contribution is 0.147. The van der Waals surface area contributed by atoms with E-state index in [0.29, 0.717) is 18.7 Å². The molecule has 1 heterocycles. The van der Waals surface area contributed by atoms with Gasteiger partial charge in [-0.3, -0.25) is 0 Å². The lowest BCUT2D eigenvalue weighted by atomic mass is 10.3. The number of hydrogen-bond donors (Lipinski definition) is 3. The van der Waals surface area contributed by atoms with E-state index in [-0.39, 0.29) is 0 Å². The molecule has 0 bridgehead atoms. The zero-order valence-electron chi connectivity index (χ0n) is 12.9. The van der Waals surface area contributed by atoms with Gasteiger partial charge in [0.2, 0.25) is 0 Å². The third-order valence-corrected chi connectivity index (χ3v) is 5.51. The summed E-state index contributed by atoms with van der Waals surface area (Å²) < 4.78 is 20.7. The number of benzene rings is 1. The van der Waals surface area contributed by atoms with Crippen LogP contribution in [0.5, 0.6) is 5.75 Å². The van der Waals surface area contributed by atoms with Gasteiger partial charge >= 0.3 is 8.60 Å². The molecule has 1 unspecified atom stereocenters. The van der Waals surface area contributed by atoms with Crippen molar-refractivity contribution in [3.05, 3.63) is 30.3 Å². The number of rotatable bonds is 7. The molecule has 7 nitrogen and oxygen atoms in total. The molecule has 1 aliphatic heterocycles. The fourth-order valence-corrected chi connectivity index (χ4v) is 3.76. The van der Waals surface area contributed by atoms with Crippen LogP contribution in [-0.2, 0) is 13.6 Å². The van der Waals surface area contributed by atoms with Crippen LogP contribution in [-0.4, -0.2) is 47.3 Å². The van der Waals surface area contributed by atoms with E-state index in [4.69, 9.17) is 28.3 Å². The Morgan fingerprint density at radius 3 is 2.30 bits per heavy atom. The fraction of sp³-hybridized carbons (Fsp3) is 0.538. The predicted octanol–water partition coefficient (Wildman–Crippen LogP) is 3.35. The molecule has 132 valence electrons. The molecule has 0 aliphatic carbocycles. The summed E-state index contributed by atoms with van der Waals surface area (Å²) in [5.74, 6) is 0.801.